The van der Waals surface area contributed by atoms with Gasteiger partial charge in [-0.05, 0) is 55.7 Å². The van der Waals surface area contributed by atoms with Crippen molar-refractivity contribution in [1.29, 1.82) is 0 Å². The zero-order chi connectivity index (χ0) is 14.0. The summed E-state index contributed by atoms with van der Waals surface area (Å²) in [5.74, 6) is 0.320. The highest BCUT2D eigenvalue weighted by atomic mass is 32.2. The summed E-state index contributed by atoms with van der Waals surface area (Å²) < 4.78 is 29.7. The molecule has 0 aromatic heterocycles. The maximum Gasteiger partial charge on any atom is 0.339 e. The van der Waals surface area contributed by atoms with Gasteiger partial charge in [0.05, 0.1) is 0 Å². The average Bonchev–Trinajstić information content (AvgIpc) is 2.34. The lowest BCUT2D eigenvalue weighted by Gasteiger charge is -2.11. The van der Waals surface area contributed by atoms with Crippen LogP contribution in [0.1, 0.15) is 16.7 Å². The fraction of sp³-hybridized carbons (Fsp3) is 0.200. The van der Waals surface area contributed by atoms with Crippen LogP contribution in [0.4, 0.5) is 0 Å². The number of para-hydroxylation sites is 1. The highest BCUT2D eigenvalue weighted by Crippen LogP contribution is 2.23. The Morgan fingerprint density at radius 2 is 1.42 bits per heavy atom. The number of hydrogen-bond acceptors (Lipinski definition) is 3. The topological polar surface area (TPSA) is 43.4 Å². The van der Waals surface area contributed by atoms with Gasteiger partial charge in [-0.2, -0.15) is 8.42 Å². The minimum atomic E-state index is -3.78. The second kappa shape index (κ2) is 5.05. The smallest absolute Gasteiger partial charge is 0.339 e. The Labute approximate surface area is 114 Å². The molecule has 3 nitrogen and oxygen atoms in total. The first-order valence-electron chi connectivity index (χ1n) is 5.97. The Bertz CT molecular complexity index is 689. The van der Waals surface area contributed by atoms with Crippen LogP contribution in [0.25, 0.3) is 0 Å². The fourth-order valence-corrected chi connectivity index (χ4v) is 3.08. The van der Waals surface area contributed by atoms with Crippen LogP contribution in [0.5, 0.6) is 5.75 Å². The molecule has 100 valence electrons. The largest absolute Gasteiger partial charge is 0.379 e. The summed E-state index contributed by atoms with van der Waals surface area (Å²) in [6.07, 6.45) is 0. The Balaban J connectivity index is 2.43. The van der Waals surface area contributed by atoms with E-state index in [9.17, 15) is 8.42 Å². The summed E-state index contributed by atoms with van der Waals surface area (Å²) in [5, 5.41) is 0. The van der Waals surface area contributed by atoms with E-state index in [1.807, 2.05) is 19.9 Å². The summed E-state index contributed by atoms with van der Waals surface area (Å²) in [6.45, 7) is 5.61. The minimum absolute atomic E-state index is 0.222. The van der Waals surface area contributed by atoms with Crippen LogP contribution in [-0.2, 0) is 10.1 Å². The number of rotatable bonds is 3. The van der Waals surface area contributed by atoms with Gasteiger partial charge in [-0.3, -0.25) is 0 Å². The molecule has 2 aromatic rings. The van der Waals surface area contributed by atoms with Gasteiger partial charge in [0.25, 0.3) is 0 Å². The molecule has 0 N–H and O–H groups in total. The van der Waals surface area contributed by atoms with Crippen molar-refractivity contribution >= 4 is 10.1 Å². The third kappa shape index (κ3) is 2.96. The molecular weight excluding hydrogens is 260 g/mol. The van der Waals surface area contributed by atoms with Gasteiger partial charge in [0.2, 0.25) is 0 Å². The molecule has 0 aliphatic rings. The molecule has 2 rings (SSSR count). The van der Waals surface area contributed by atoms with Crippen molar-refractivity contribution < 1.29 is 12.6 Å². The predicted octanol–water partition coefficient (Wildman–Crippen LogP) is 3.38. The van der Waals surface area contributed by atoms with Crippen molar-refractivity contribution in [2.45, 2.75) is 25.7 Å². The Morgan fingerprint density at radius 3 is 2.05 bits per heavy atom. The first-order valence-corrected chi connectivity index (χ1v) is 7.38. The van der Waals surface area contributed by atoms with Crippen LogP contribution in [0, 0.1) is 20.8 Å². The van der Waals surface area contributed by atoms with E-state index >= 15 is 0 Å². The van der Waals surface area contributed by atoms with Gasteiger partial charge in [0, 0.05) is 0 Å². The van der Waals surface area contributed by atoms with Crippen molar-refractivity contribution in [3.05, 3.63) is 59.2 Å². The fourth-order valence-electron chi connectivity index (χ4n) is 1.85. The monoisotopic (exact) mass is 276 g/mol. The molecular formula is C15H16O3S. The average molecular weight is 276 g/mol. The van der Waals surface area contributed by atoms with Gasteiger partial charge in [-0.25, -0.2) is 0 Å². The third-order valence-electron chi connectivity index (χ3n) is 3.01. The summed E-state index contributed by atoms with van der Waals surface area (Å²) >= 11 is 0. The lowest BCUT2D eigenvalue weighted by molar-refractivity contribution is 0.485. The van der Waals surface area contributed by atoms with Gasteiger partial charge in [-0.1, -0.05) is 24.3 Å². The van der Waals surface area contributed by atoms with Gasteiger partial charge in [0.15, 0.2) is 0 Å². The van der Waals surface area contributed by atoms with E-state index in [1.54, 1.807) is 43.3 Å². The number of benzene rings is 2. The Morgan fingerprint density at radius 1 is 0.842 bits per heavy atom. The molecule has 19 heavy (non-hydrogen) atoms. The molecule has 0 bridgehead atoms. The van der Waals surface area contributed by atoms with Gasteiger partial charge < -0.3 is 4.18 Å². The van der Waals surface area contributed by atoms with E-state index in [2.05, 4.69) is 0 Å². The summed E-state index contributed by atoms with van der Waals surface area (Å²) in [6, 6.07) is 12.0. The highest BCUT2D eigenvalue weighted by Gasteiger charge is 2.20. The zero-order valence-electron chi connectivity index (χ0n) is 11.2. The molecule has 0 spiro atoms. The van der Waals surface area contributed by atoms with Gasteiger partial charge in [-0.15, -0.1) is 0 Å². The van der Waals surface area contributed by atoms with Gasteiger partial charge in [0.1, 0.15) is 10.6 Å². The van der Waals surface area contributed by atoms with Crippen molar-refractivity contribution in [3.63, 3.8) is 0 Å². The van der Waals surface area contributed by atoms with Crippen molar-refractivity contribution in [3.8, 4) is 5.75 Å². The molecule has 0 atom stereocenters. The minimum Gasteiger partial charge on any atom is -0.379 e. The molecule has 0 unspecified atom stereocenters. The lowest BCUT2D eigenvalue weighted by Crippen LogP contribution is -2.11. The van der Waals surface area contributed by atoms with Crippen LogP contribution in [-0.4, -0.2) is 8.42 Å². The first kappa shape index (κ1) is 13.6. The van der Waals surface area contributed by atoms with Gasteiger partial charge >= 0.3 is 10.1 Å². The normalized spacial score (nSPS) is 11.3. The molecule has 0 saturated heterocycles. The van der Waals surface area contributed by atoms with Crippen molar-refractivity contribution in [2.24, 2.45) is 0 Å². The van der Waals surface area contributed by atoms with Crippen LogP contribution < -0.4 is 4.18 Å². The van der Waals surface area contributed by atoms with Crippen molar-refractivity contribution in [2.75, 3.05) is 0 Å². The standard InChI is InChI=1S/C15H16O3S/c1-11-9-13(3)15(10-12(11)2)19(16,17)18-14-7-5-4-6-8-14/h4-10H,1-3H3. The van der Waals surface area contributed by atoms with E-state index in [4.69, 9.17) is 4.18 Å². The maximum atomic E-state index is 12.3. The quantitative estimate of drug-likeness (QED) is 0.807. The molecule has 0 radical (unpaired) electrons. The predicted molar refractivity (Wildman–Crippen MR) is 74.9 cm³/mol. The van der Waals surface area contributed by atoms with E-state index in [1.165, 1.54) is 0 Å². The SMILES string of the molecule is Cc1cc(C)c(S(=O)(=O)Oc2ccccc2)cc1C. The first-order chi connectivity index (χ1) is 8.90. The maximum absolute atomic E-state index is 12.3. The van der Waals surface area contributed by atoms with Crippen LogP contribution in [0.3, 0.4) is 0 Å². The van der Waals surface area contributed by atoms with E-state index in [0.29, 0.717) is 11.3 Å². The molecule has 0 amide bonds. The van der Waals surface area contributed by atoms with Crippen LogP contribution in [0.2, 0.25) is 0 Å². The van der Waals surface area contributed by atoms with E-state index in [-0.39, 0.29) is 4.90 Å². The molecule has 0 saturated carbocycles. The number of aryl methyl sites for hydroxylation is 3. The molecule has 4 heteroatoms. The van der Waals surface area contributed by atoms with Crippen LogP contribution >= 0.6 is 0 Å². The second-order valence-electron chi connectivity index (χ2n) is 4.55. The summed E-state index contributed by atoms with van der Waals surface area (Å²) in [4.78, 5) is 0.222. The highest BCUT2D eigenvalue weighted by molar-refractivity contribution is 7.87. The molecule has 0 heterocycles. The summed E-state index contributed by atoms with van der Waals surface area (Å²) in [5.41, 5.74) is 2.69. The summed E-state index contributed by atoms with van der Waals surface area (Å²) in [7, 11) is -3.78. The Hall–Kier alpha value is -1.81. The second-order valence-corrected chi connectivity index (χ2v) is 6.07. The Kier molecular flexibility index (Phi) is 3.62. The molecule has 0 aliphatic carbocycles. The zero-order valence-corrected chi connectivity index (χ0v) is 12.0. The van der Waals surface area contributed by atoms with Crippen molar-refractivity contribution in [1.82, 2.24) is 0 Å². The lowest BCUT2D eigenvalue weighted by atomic mass is 10.1. The molecule has 0 fully saturated rings. The third-order valence-corrected chi connectivity index (χ3v) is 4.40. The number of hydrogen-bond donors (Lipinski definition) is 0. The molecule has 0 aliphatic heterocycles. The van der Waals surface area contributed by atoms with E-state index in [0.717, 1.165) is 11.1 Å². The van der Waals surface area contributed by atoms with Crippen LogP contribution in [0.15, 0.2) is 47.4 Å². The van der Waals surface area contributed by atoms with E-state index < -0.39 is 10.1 Å². The molecule has 2 aromatic carbocycles.